The van der Waals surface area contributed by atoms with E-state index in [4.69, 9.17) is 19.9 Å². The molecule has 12 nitrogen and oxygen atoms in total. The average Bonchev–Trinajstić information content (AvgIpc) is 2.94. The molecule has 1 atom stereocenters. The van der Waals surface area contributed by atoms with Gasteiger partial charge in [0.05, 0.1) is 18.1 Å². The largest absolute Gasteiger partial charge is 0.457 e. The molecule has 0 aromatic heterocycles. The van der Waals surface area contributed by atoms with Crippen molar-refractivity contribution in [2.24, 2.45) is 4.99 Å². The van der Waals surface area contributed by atoms with Crippen LogP contribution in [0.4, 0.5) is 8.78 Å². The Kier molecular flexibility index (Phi) is 10.9. The van der Waals surface area contributed by atoms with Gasteiger partial charge in [0, 0.05) is 25.7 Å². The van der Waals surface area contributed by atoms with E-state index in [9.17, 15) is 22.0 Å². The number of benzene rings is 2. The van der Waals surface area contributed by atoms with Gasteiger partial charge in [-0.1, -0.05) is 0 Å². The second kappa shape index (κ2) is 14.4. The minimum absolute atomic E-state index is 0.0205. The molecule has 1 aliphatic heterocycles. The van der Waals surface area contributed by atoms with Crippen molar-refractivity contribution in [1.29, 1.82) is 5.26 Å². The highest BCUT2D eigenvalue weighted by molar-refractivity contribution is 7.89. The summed E-state index contributed by atoms with van der Waals surface area (Å²) < 4.78 is 65.1. The molecular weight excluding hydrogens is 538 g/mol. The number of nitriles is 1. The number of sulfonamides is 1. The zero-order chi connectivity index (χ0) is 28.3. The van der Waals surface area contributed by atoms with E-state index in [-0.39, 0.29) is 22.8 Å². The number of nitrogens with one attached hydrogen (secondary N) is 3. The first-order valence-corrected chi connectivity index (χ1v) is 13.4. The second-order valence-corrected chi connectivity index (χ2v) is 10.1. The Labute approximate surface area is 224 Å². The molecule has 39 heavy (non-hydrogen) atoms. The van der Waals surface area contributed by atoms with Gasteiger partial charge in [-0.2, -0.15) is 9.98 Å². The zero-order valence-corrected chi connectivity index (χ0v) is 21.6. The molecule has 0 saturated carbocycles. The summed E-state index contributed by atoms with van der Waals surface area (Å²) in [7, 11) is -4.17. The summed E-state index contributed by atoms with van der Waals surface area (Å²) in [5.74, 6) is -2.44. The van der Waals surface area contributed by atoms with Crippen molar-refractivity contribution in [3.8, 4) is 17.7 Å². The third-order valence-corrected chi connectivity index (χ3v) is 7.11. The number of carbonyl (C=O) groups excluding carboxylic acids is 1. The third kappa shape index (κ3) is 8.86. The summed E-state index contributed by atoms with van der Waals surface area (Å²) in [6.45, 7) is 2.54. The Bertz CT molecular complexity index is 1300. The molecule has 0 aliphatic carbocycles. The number of guanidine groups is 1. The van der Waals surface area contributed by atoms with Gasteiger partial charge in [-0.15, -0.1) is 0 Å². The van der Waals surface area contributed by atoms with Crippen molar-refractivity contribution >= 4 is 21.9 Å². The summed E-state index contributed by atoms with van der Waals surface area (Å²) in [4.78, 5) is 18.2. The number of amides is 1. The Morgan fingerprint density at radius 3 is 2.46 bits per heavy atom. The topological polar surface area (TPSA) is 165 Å². The van der Waals surface area contributed by atoms with Crippen LogP contribution in [0, 0.1) is 23.1 Å². The van der Waals surface area contributed by atoms with Gasteiger partial charge in [0.25, 0.3) is 5.91 Å². The van der Waals surface area contributed by atoms with Gasteiger partial charge in [-0.3, -0.25) is 20.3 Å². The van der Waals surface area contributed by atoms with E-state index in [2.05, 4.69) is 15.0 Å². The van der Waals surface area contributed by atoms with Gasteiger partial charge in [-0.05, 0) is 55.7 Å². The highest BCUT2D eigenvalue weighted by Gasteiger charge is 2.25. The number of halogens is 2. The van der Waals surface area contributed by atoms with E-state index in [1.54, 1.807) is 0 Å². The molecule has 15 heteroatoms. The first kappa shape index (κ1) is 29.7. The van der Waals surface area contributed by atoms with Crippen LogP contribution in [0.1, 0.15) is 19.3 Å². The number of unbranched alkanes of at least 4 members (excludes halogenated alkanes) is 1. The lowest BCUT2D eigenvalue weighted by atomic mass is 10.1. The van der Waals surface area contributed by atoms with Gasteiger partial charge < -0.3 is 14.4 Å². The third-order valence-electron chi connectivity index (χ3n) is 5.63. The summed E-state index contributed by atoms with van der Waals surface area (Å²) in [6, 6.07) is 6.78. The van der Waals surface area contributed by atoms with Crippen LogP contribution in [-0.4, -0.2) is 69.3 Å². The fraction of sp³-hybridized carbons (Fsp3) is 0.375. The number of hydroxylamine groups is 1. The van der Waals surface area contributed by atoms with Crippen LogP contribution in [0.25, 0.3) is 0 Å². The molecule has 0 radical (unpaired) electrons. The summed E-state index contributed by atoms with van der Waals surface area (Å²) in [5.41, 5.74) is 1.47. The number of hydrogen-bond acceptors (Lipinski definition) is 8. The molecule has 1 heterocycles. The molecular formula is C24H28F2N6O6S. The first-order valence-electron chi connectivity index (χ1n) is 11.9. The van der Waals surface area contributed by atoms with Crippen molar-refractivity contribution in [3.63, 3.8) is 0 Å². The normalized spacial score (nSPS) is 14.8. The molecule has 1 aliphatic rings. The maximum Gasteiger partial charge on any atom is 0.261 e. The van der Waals surface area contributed by atoms with Crippen molar-refractivity contribution in [3.05, 3.63) is 54.1 Å². The number of hydrogen-bond donors (Lipinski definition) is 4. The Morgan fingerprint density at radius 2 is 1.82 bits per heavy atom. The first-order chi connectivity index (χ1) is 18.7. The lowest BCUT2D eigenvalue weighted by Crippen LogP contribution is -2.46. The molecule has 0 spiro atoms. The van der Waals surface area contributed by atoms with Crippen molar-refractivity contribution in [2.45, 2.75) is 30.2 Å². The smallest absolute Gasteiger partial charge is 0.261 e. The van der Waals surface area contributed by atoms with Gasteiger partial charge >= 0.3 is 0 Å². The number of morpholine rings is 1. The van der Waals surface area contributed by atoms with Crippen molar-refractivity contribution < 1.29 is 36.7 Å². The fourth-order valence-electron chi connectivity index (χ4n) is 3.63. The minimum Gasteiger partial charge on any atom is -0.457 e. The van der Waals surface area contributed by atoms with Crippen LogP contribution in [-0.2, 0) is 19.6 Å². The summed E-state index contributed by atoms with van der Waals surface area (Å²) in [5, 5.41) is 20.6. The average molecular weight is 567 g/mol. The highest BCUT2D eigenvalue weighted by atomic mass is 32.2. The van der Waals surface area contributed by atoms with E-state index in [0.717, 1.165) is 12.1 Å². The molecule has 1 amide bonds. The fourth-order valence-corrected chi connectivity index (χ4v) is 4.86. The SMILES string of the molecule is N#CNC(=NCCCC[C@@H](NS(=O)(=O)c1ccc(Oc2ccc(F)c(F)c2)cc1)C(=O)NO)N1CCOCC1. The molecule has 1 saturated heterocycles. The molecule has 3 rings (SSSR count). The quantitative estimate of drug-likeness (QED) is 0.0604. The van der Waals surface area contributed by atoms with E-state index < -0.39 is 33.6 Å². The number of nitrogens with zero attached hydrogens (tertiary/aromatic N) is 3. The standard InChI is InChI=1S/C24H28F2N6O6S/c25-20-9-6-18(15-21(20)26)38-17-4-7-19(8-5-17)39(35,36)31-22(23(33)30-34)3-1-2-10-28-24(29-16-27)32-11-13-37-14-12-32/h4-9,15,22,31,34H,1-3,10-14H2,(H,28,29)(H,30,33)/t22-/m1/s1. The molecule has 0 bridgehead atoms. The molecule has 4 N–H and O–H groups in total. The summed E-state index contributed by atoms with van der Waals surface area (Å²) >= 11 is 0. The van der Waals surface area contributed by atoms with E-state index >= 15 is 0 Å². The predicted octanol–water partition coefficient (Wildman–Crippen LogP) is 1.84. The van der Waals surface area contributed by atoms with Gasteiger partial charge in [0.15, 0.2) is 17.8 Å². The monoisotopic (exact) mass is 566 g/mol. The van der Waals surface area contributed by atoms with E-state index in [0.29, 0.717) is 51.6 Å². The molecule has 2 aromatic carbocycles. The van der Waals surface area contributed by atoms with Crippen LogP contribution < -0.4 is 20.3 Å². The lowest BCUT2D eigenvalue weighted by Gasteiger charge is -2.28. The van der Waals surface area contributed by atoms with Crippen molar-refractivity contribution in [1.82, 2.24) is 20.4 Å². The Morgan fingerprint density at radius 1 is 1.13 bits per heavy atom. The molecule has 0 unspecified atom stereocenters. The zero-order valence-electron chi connectivity index (χ0n) is 20.8. The van der Waals surface area contributed by atoms with Crippen LogP contribution >= 0.6 is 0 Å². The number of carbonyl (C=O) groups is 1. The maximum atomic E-state index is 13.4. The van der Waals surface area contributed by atoms with Gasteiger partial charge in [-0.25, -0.2) is 22.7 Å². The number of aliphatic imine (C=N–C) groups is 1. The van der Waals surface area contributed by atoms with Gasteiger partial charge in [0.1, 0.15) is 17.5 Å². The van der Waals surface area contributed by atoms with Crippen LogP contribution in [0.2, 0.25) is 0 Å². The molecule has 1 fully saturated rings. The van der Waals surface area contributed by atoms with Crippen LogP contribution in [0.15, 0.2) is 52.4 Å². The maximum absolute atomic E-state index is 13.4. The minimum atomic E-state index is -4.17. The molecule has 2 aromatic rings. The number of ether oxygens (including phenoxy) is 2. The highest BCUT2D eigenvalue weighted by Crippen LogP contribution is 2.24. The number of rotatable bonds is 11. The molecule has 210 valence electrons. The summed E-state index contributed by atoms with van der Waals surface area (Å²) in [6.07, 6.45) is 2.78. The van der Waals surface area contributed by atoms with Crippen LogP contribution in [0.5, 0.6) is 11.5 Å². The Hall–Kier alpha value is -3.84. The van der Waals surface area contributed by atoms with E-state index in [1.165, 1.54) is 35.8 Å². The second-order valence-electron chi connectivity index (χ2n) is 8.34. The Balaban J connectivity index is 1.57. The van der Waals surface area contributed by atoms with Crippen molar-refractivity contribution in [2.75, 3.05) is 32.8 Å². The predicted molar refractivity (Wildman–Crippen MR) is 134 cm³/mol. The van der Waals surface area contributed by atoms with Gasteiger partial charge in [0.2, 0.25) is 16.0 Å². The van der Waals surface area contributed by atoms with Crippen LogP contribution in [0.3, 0.4) is 0 Å². The van der Waals surface area contributed by atoms with E-state index in [1.807, 2.05) is 11.1 Å². The lowest BCUT2D eigenvalue weighted by molar-refractivity contribution is -0.131.